The number of carbonyl (C=O) groups is 1. The van der Waals surface area contributed by atoms with Crippen molar-refractivity contribution in [2.45, 2.75) is 32.4 Å². The summed E-state index contributed by atoms with van der Waals surface area (Å²) in [6, 6.07) is 0. The first-order valence-electron chi connectivity index (χ1n) is 6.37. The Balaban J connectivity index is 2.69. The molecule has 1 heterocycles. The van der Waals surface area contributed by atoms with Gasteiger partial charge < -0.3 is 9.64 Å². The molecule has 1 atom stereocenters. The quantitative estimate of drug-likeness (QED) is 0.685. The van der Waals surface area contributed by atoms with E-state index in [0.717, 1.165) is 17.4 Å². The highest BCUT2D eigenvalue weighted by atomic mass is 79.9. The fraction of sp³-hybridized carbons (Fsp3) is 0.692. The van der Waals surface area contributed by atoms with Crippen LogP contribution in [0.15, 0.2) is 10.7 Å². The molecular weight excluding hydrogens is 310 g/mol. The van der Waals surface area contributed by atoms with Crippen LogP contribution in [0.1, 0.15) is 30.3 Å². The van der Waals surface area contributed by atoms with Gasteiger partial charge in [-0.05, 0) is 43.4 Å². The van der Waals surface area contributed by atoms with Crippen molar-refractivity contribution in [1.29, 1.82) is 0 Å². The van der Waals surface area contributed by atoms with Gasteiger partial charge in [0.15, 0.2) is 5.78 Å². The number of Topliss-reactive ketones (excluding diaryl/α,β-unsaturated/α-hetero) is 1. The number of methoxy groups -OCH3 is 1. The van der Waals surface area contributed by atoms with E-state index in [2.05, 4.69) is 25.9 Å². The minimum Gasteiger partial charge on any atom is -0.382 e. The number of rotatable bonds is 8. The fourth-order valence-corrected chi connectivity index (χ4v) is 2.19. The van der Waals surface area contributed by atoms with Crippen molar-refractivity contribution >= 4 is 21.7 Å². The van der Waals surface area contributed by atoms with Crippen LogP contribution in [0.4, 0.5) is 0 Å². The zero-order chi connectivity index (χ0) is 14.4. The van der Waals surface area contributed by atoms with Gasteiger partial charge in [-0.2, -0.15) is 5.10 Å². The van der Waals surface area contributed by atoms with Crippen LogP contribution in [-0.2, 0) is 11.3 Å². The smallest absolute Gasteiger partial charge is 0.182 e. The van der Waals surface area contributed by atoms with E-state index in [-0.39, 0.29) is 11.9 Å². The number of ketones is 1. The van der Waals surface area contributed by atoms with Crippen molar-refractivity contribution in [2.75, 3.05) is 27.7 Å². The van der Waals surface area contributed by atoms with Gasteiger partial charge in [-0.15, -0.1) is 0 Å². The number of halogens is 1. The van der Waals surface area contributed by atoms with E-state index in [1.807, 2.05) is 21.0 Å². The molecule has 1 unspecified atom stereocenters. The number of likely N-dealkylation sites (N-methyl/N-ethyl adjacent to an activating group) is 1. The number of nitrogens with zero attached hydrogens (tertiary/aromatic N) is 3. The Kier molecular flexibility index (Phi) is 6.68. The number of carbonyl (C=O) groups excluding carboxylic acids is 1. The van der Waals surface area contributed by atoms with Gasteiger partial charge in [0.25, 0.3) is 0 Å². The molecule has 19 heavy (non-hydrogen) atoms. The molecule has 0 aliphatic heterocycles. The third-order valence-corrected chi connectivity index (χ3v) is 3.58. The van der Waals surface area contributed by atoms with Crippen molar-refractivity contribution in [2.24, 2.45) is 0 Å². The van der Waals surface area contributed by atoms with E-state index in [1.54, 1.807) is 18.0 Å². The van der Waals surface area contributed by atoms with Crippen LogP contribution >= 0.6 is 15.9 Å². The maximum Gasteiger partial charge on any atom is 0.182 e. The van der Waals surface area contributed by atoms with Crippen LogP contribution in [0.2, 0.25) is 0 Å². The Hall–Kier alpha value is -0.720. The second kappa shape index (κ2) is 7.77. The Labute approximate surface area is 123 Å². The Morgan fingerprint density at radius 3 is 2.84 bits per heavy atom. The summed E-state index contributed by atoms with van der Waals surface area (Å²) in [7, 11) is 5.66. The van der Waals surface area contributed by atoms with Crippen molar-refractivity contribution in [3.05, 3.63) is 16.4 Å². The largest absolute Gasteiger partial charge is 0.382 e. The molecule has 108 valence electrons. The fourth-order valence-electron chi connectivity index (χ4n) is 1.67. The molecule has 0 amide bonds. The monoisotopic (exact) mass is 331 g/mol. The summed E-state index contributed by atoms with van der Waals surface area (Å²) in [6.07, 6.45) is 2.98. The molecule has 6 heteroatoms. The highest BCUT2D eigenvalue weighted by Crippen LogP contribution is 2.19. The van der Waals surface area contributed by atoms with Crippen LogP contribution in [0.3, 0.4) is 0 Å². The van der Waals surface area contributed by atoms with Gasteiger partial charge >= 0.3 is 0 Å². The zero-order valence-corrected chi connectivity index (χ0v) is 13.6. The summed E-state index contributed by atoms with van der Waals surface area (Å²) < 4.78 is 7.70. The molecule has 0 aromatic carbocycles. The maximum atomic E-state index is 12.3. The second-order valence-corrected chi connectivity index (χ2v) is 5.73. The summed E-state index contributed by atoms with van der Waals surface area (Å²) in [5, 5.41) is 4.25. The predicted molar refractivity (Wildman–Crippen MR) is 78.5 cm³/mol. The van der Waals surface area contributed by atoms with Crippen molar-refractivity contribution in [1.82, 2.24) is 14.7 Å². The lowest BCUT2D eigenvalue weighted by atomic mass is 10.1. The summed E-state index contributed by atoms with van der Waals surface area (Å²) in [6.45, 7) is 3.52. The Bertz CT molecular complexity index is 418. The van der Waals surface area contributed by atoms with E-state index in [0.29, 0.717) is 18.7 Å². The molecule has 1 rings (SSSR count). The number of ether oxygens (including phenoxy) is 1. The van der Waals surface area contributed by atoms with Crippen molar-refractivity contribution in [3.63, 3.8) is 0 Å². The molecule has 0 fully saturated rings. The molecular formula is C13H22BrN3O2. The second-order valence-electron chi connectivity index (χ2n) is 4.88. The lowest BCUT2D eigenvalue weighted by Gasteiger charge is -2.12. The summed E-state index contributed by atoms with van der Waals surface area (Å²) >= 11 is 3.40. The van der Waals surface area contributed by atoms with E-state index in [9.17, 15) is 4.79 Å². The lowest BCUT2D eigenvalue weighted by Crippen LogP contribution is -2.22. The minimum absolute atomic E-state index is 0.0980. The van der Waals surface area contributed by atoms with Gasteiger partial charge in [0.2, 0.25) is 0 Å². The van der Waals surface area contributed by atoms with E-state index in [4.69, 9.17) is 4.74 Å². The third-order valence-electron chi connectivity index (χ3n) is 3.00. The number of hydrogen-bond acceptors (Lipinski definition) is 4. The highest BCUT2D eigenvalue weighted by molar-refractivity contribution is 9.10. The molecule has 0 N–H and O–H groups in total. The minimum atomic E-state index is 0.0980. The van der Waals surface area contributed by atoms with Crippen LogP contribution in [0, 0.1) is 0 Å². The van der Waals surface area contributed by atoms with Crippen LogP contribution in [0.25, 0.3) is 0 Å². The third kappa shape index (κ3) is 5.04. The normalized spacial score (nSPS) is 12.9. The first kappa shape index (κ1) is 16.3. The van der Waals surface area contributed by atoms with Gasteiger partial charge in [0.1, 0.15) is 5.69 Å². The molecule has 0 bridgehead atoms. The topological polar surface area (TPSA) is 47.4 Å². The molecule has 1 aromatic rings. The Morgan fingerprint density at radius 1 is 1.58 bits per heavy atom. The standard InChI is InChI=1S/C13H22BrN3O2/c1-10(19-4)5-6-12(18)13-11(14)9-15-17(13)8-7-16(2)3/h9-10H,5-8H2,1-4H3. The van der Waals surface area contributed by atoms with Crippen LogP contribution < -0.4 is 0 Å². The van der Waals surface area contributed by atoms with E-state index < -0.39 is 0 Å². The zero-order valence-electron chi connectivity index (χ0n) is 12.0. The summed E-state index contributed by atoms with van der Waals surface area (Å²) in [4.78, 5) is 14.3. The summed E-state index contributed by atoms with van der Waals surface area (Å²) in [5.41, 5.74) is 0.658. The van der Waals surface area contributed by atoms with Crippen LogP contribution in [0.5, 0.6) is 0 Å². The average Bonchev–Trinajstić information content (AvgIpc) is 2.74. The van der Waals surface area contributed by atoms with Crippen LogP contribution in [-0.4, -0.2) is 54.3 Å². The van der Waals surface area contributed by atoms with Gasteiger partial charge in [0.05, 0.1) is 23.3 Å². The molecule has 0 aliphatic carbocycles. The molecule has 0 saturated carbocycles. The maximum absolute atomic E-state index is 12.3. The molecule has 0 saturated heterocycles. The first-order chi connectivity index (χ1) is 8.95. The van der Waals surface area contributed by atoms with E-state index >= 15 is 0 Å². The molecule has 0 radical (unpaired) electrons. The highest BCUT2D eigenvalue weighted by Gasteiger charge is 2.17. The Morgan fingerprint density at radius 2 is 2.26 bits per heavy atom. The molecule has 0 spiro atoms. The van der Waals surface area contributed by atoms with E-state index in [1.165, 1.54) is 0 Å². The van der Waals surface area contributed by atoms with Crippen molar-refractivity contribution in [3.8, 4) is 0 Å². The SMILES string of the molecule is COC(C)CCC(=O)c1c(Br)cnn1CCN(C)C. The average molecular weight is 332 g/mol. The molecule has 5 nitrogen and oxygen atoms in total. The lowest BCUT2D eigenvalue weighted by molar-refractivity contribution is 0.0868. The first-order valence-corrected chi connectivity index (χ1v) is 7.17. The van der Waals surface area contributed by atoms with Crippen molar-refractivity contribution < 1.29 is 9.53 Å². The predicted octanol–water partition coefficient (Wildman–Crippen LogP) is 2.21. The number of aromatic nitrogens is 2. The van der Waals surface area contributed by atoms with Gasteiger partial charge in [-0.3, -0.25) is 9.48 Å². The molecule has 1 aromatic heterocycles. The summed E-state index contributed by atoms with van der Waals surface area (Å²) in [5.74, 6) is 0.104. The number of hydrogen-bond donors (Lipinski definition) is 0. The molecule has 0 aliphatic rings. The van der Waals surface area contributed by atoms with Gasteiger partial charge in [-0.1, -0.05) is 0 Å². The van der Waals surface area contributed by atoms with Gasteiger partial charge in [0, 0.05) is 20.1 Å². The van der Waals surface area contributed by atoms with Gasteiger partial charge in [-0.25, -0.2) is 0 Å².